The third-order valence-corrected chi connectivity index (χ3v) is 3.16. The Kier molecular flexibility index (Phi) is 5.43. The van der Waals surface area contributed by atoms with Crippen LogP contribution in [0.15, 0.2) is 41.5 Å². The molecular formula is C16H15ClN2O4. The highest BCUT2D eigenvalue weighted by Gasteiger charge is 2.07. The van der Waals surface area contributed by atoms with Gasteiger partial charge in [0.25, 0.3) is 5.91 Å². The molecule has 120 valence electrons. The standard InChI is InChI=1S/C16H15ClN2O4/c1-2-23-12-5-3-11(4-6-12)16(22)19-18-9-10-7-13(17)15(21)14(20)8-10/h3-9,20-21H,2H2,1H3,(H,19,22)/b18-9+. The zero-order valence-electron chi connectivity index (χ0n) is 12.3. The summed E-state index contributed by atoms with van der Waals surface area (Å²) in [7, 11) is 0. The summed E-state index contributed by atoms with van der Waals surface area (Å²) in [5.41, 5.74) is 3.21. The van der Waals surface area contributed by atoms with Crippen molar-refractivity contribution in [2.24, 2.45) is 5.10 Å². The molecule has 2 rings (SSSR count). The summed E-state index contributed by atoms with van der Waals surface area (Å²) in [5, 5.41) is 22.6. The number of carbonyl (C=O) groups excluding carboxylic acids is 1. The average molecular weight is 335 g/mol. The molecule has 0 unspecified atom stereocenters. The fourth-order valence-corrected chi connectivity index (χ4v) is 2.00. The minimum absolute atomic E-state index is 0.00992. The molecule has 0 radical (unpaired) electrons. The van der Waals surface area contributed by atoms with E-state index in [1.54, 1.807) is 24.3 Å². The van der Waals surface area contributed by atoms with Crippen molar-refractivity contribution in [3.8, 4) is 17.2 Å². The second-order valence-electron chi connectivity index (χ2n) is 4.53. The molecule has 0 atom stereocenters. The van der Waals surface area contributed by atoms with Crippen LogP contribution < -0.4 is 10.2 Å². The molecule has 0 saturated carbocycles. The number of aromatic hydroxyl groups is 2. The largest absolute Gasteiger partial charge is 0.504 e. The van der Waals surface area contributed by atoms with E-state index in [9.17, 15) is 15.0 Å². The van der Waals surface area contributed by atoms with Gasteiger partial charge in [0.2, 0.25) is 0 Å². The number of ether oxygens (including phenoxy) is 1. The van der Waals surface area contributed by atoms with Crippen LogP contribution in [0.2, 0.25) is 5.02 Å². The monoisotopic (exact) mass is 334 g/mol. The van der Waals surface area contributed by atoms with Crippen LogP contribution in [0.1, 0.15) is 22.8 Å². The minimum Gasteiger partial charge on any atom is -0.504 e. The van der Waals surface area contributed by atoms with Crippen molar-refractivity contribution >= 4 is 23.7 Å². The van der Waals surface area contributed by atoms with Crippen LogP contribution in [-0.2, 0) is 0 Å². The van der Waals surface area contributed by atoms with E-state index in [0.717, 1.165) is 0 Å². The Morgan fingerprint density at radius 3 is 2.61 bits per heavy atom. The second-order valence-corrected chi connectivity index (χ2v) is 4.93. The summed E-state index contributed by atoms with van der Waals surface area (Å²) in [6.07, 6.45) is 1.30. The Labute approximate surface area is 138 Å². The van der Waals surface area contributed by atoms with Crippen molar-refractivity contribution in [1.29, 1.82) is 0 Å². The molecule has 7 heteroatoms. The Morgan fingerprint density at radius 1 is 1.30 bits per heavy atom. The molecule has 0 heterocycles. The first-order chi connectivity index (χ1) is 11.0. The van der Waals surface area contributed by atoms with E-state index in [1.807, 2.05) is 6.92 Å². The number of benzene rings is 2. The van der Waals surface area contributed by atoms with Gasteiger partial charge in [-0.25, -0.2) is 5.43 Å². The highest BCUT2D eigenvalue weighted by atomic mass is 35.5. The molecule has 2 aromatic carbocycles. The predicted molar refractivity (Wildman–Crippen MR) is 87.5 cm³/mol. The van der Waals surface area contributed by atoms with Gasteiger partial charge in [0.05, 0.1) is 17.8 Å². The molecule has 3 N–H and O–H groups in total. The SMILES string of the molecule is CCOc1ccc(C(=O)N/N=C/c2cc(O)c(O)c(Cl)c2)cc1. The lowest BCUT2D eigenvalue weighted by Crippen LogP contribution is -2.17. The van der Waals surface area contributed by atoms with E-state index in [2.05, 4.69) is 10.5 Å². The Balaban J connectivity index is 2.01. The van der Waals surface area contributed by atoms with Crippen molar-refractivity contribution in [3.63, 3.8) is 0 Å². The van der Waals surface area contributed by atoms with Crippen molar-refractivity contribution < 1.29 is 19.7 Å². The summed E-state index contributed by atoms with van der Waals surface area (Å²) >= 11 is 5.73. The Morgan fingerprint density at radius 2 is 2.00 bits per heavy atom. The first-order valence-electron chi connectivity index (χ1n) is 6.79. The van der Waals surface area contributed by atoms with Gasteiger partial charge in [-0.3, -0.25) is 4.79 Å². The van der Waals surface area contributed by atoms with E-state index in [1.165, 1.54) is 18.3 Å². The number of nitrogens with one attached hydrogen (secondary N) is 1. The maximum Gasteiger partial charge on any atom is 0.271 e. The molecule has 23 heavy (non-hydrogen) atoms. The van der Waals surface area contributed by atoms with E-state index >= 15 is 0 Å². The lowest BCUT2D eigenvalue weighted by atomic mass is 10.2. The van der Waals surface area contributed by atoms with Gasteiger partial charge in [0.15, 0.2) is 11.5 Å². The molecule has 1 amide bonds. The zero-order chi connectivity index (χ0) is 16.8. The number of hydrazone groups is 1. The van der Waals surface area contributed by atoms with Crippen molar-refractivity contribution in [1.82, 2.24) is 5.43 Å². The van der Waals surface area contributed by atoms with Crippen LogP contribution in [-0.4, -0.2) is 28.9 Å². The van der Waals surface area contributed by atoms with E-state index in [4.69, 9.17) is 16.3 Å². The molecule has 6 nitrogen and oxygen atoms in total. The average Bonchev–Trinajstić information content (AvgIpc) is 2.53. The van der Waals surface area contributed by atoms with Crippen LogP contribution in [0.25, 0.3) is 0 Å². The Bertz CT molecular complexity index is 706. The molecule has 0 aliphatic carbocycles. The molecule has 0 bridgehead atoms. The first kappa shape index (κ1) is 16.6. The van der Waals surface area contributed by atoms with Crippen molar-refractivity contribution in [2.45, 2.75) is 6.92 Å². The third kappa shape index (κ3) is 4.37. The summed E-state index contributed by atoms with van der Waals surface area (Å²) in [6.45, 7) is 2.43. The Hall–Kier alpha value is -2.73. The maximum absolute atomic E-state index is 11.9. The van der Waals surface area contributed by atoms with Gasteiger partial charge in [0, 0.05) is 5.56 Å². The van der Waals surface area contributed by atoms with E-state index < -0.39 is 11.7 Å². The molecule has 0 aliphatic heterocycles. The number of rotatable bonds is 5. The third-order valence-electron chi connectivity index (χ3n) is 2.87. The quantitative estimate of drug-likeness (QED) is 0.445. The van der Waals surface area contributed by atoms with Gasteiger partial charge in [-0.1, -0.05) is 11.6 Å². The first-order valence-corrected chi connectivity index (χ1v) is 7.16. The number of carbonyl (C=O) groups is 1. The molecule has 0 aromatic heterocycles. The minimum atomic E-state index is -0.401. The fourth-order valence-electron chi connectivity index (χ4n) is 1.78. The van der Waals surface area contributed by atoms with Gasteiger partial charge in [-0.2, -0.15) is 5.10 Å². The van der Waals surface area contributed by atoms with Gasteiger partial charge in [-0.05, 0) is 48.9 Å². The molecule has 0 fully saturated rings. The van der Waals surface area contributed by atoms with Gasteiger partial charge in [0.1, 0.15) is 5.75 Å². The van der Waals surface area contributed by atoms with Crippen LogP contribution in [0.4, 0.5) is 0 Å². The van der Waals surface area contributed by atoms with Crippen LogP contribution in [0.5, 0.6) is 17.2 Å². The molecule has 0 aliphatic rings. The number of amides is 1. The summed E-state index contributed by atoms with van der Waals surface area (Å²) in [5.74, 6) is -0.473. The highest BCUT2D eigenvalue weighted by Crippen LogP contribution is 2.33. The van der Waals surface area contributed by atoms with Gasteiger partial charge < -0.3 is 14.9 Å². The van der Waals surface area contributed by atoms with Crippen LogP contribution >= 0.6 is 11.6 Å². The number of halogens is 1. The zero-order valence-corrected chi connectivity index (χ0v) is 13.0. The van der Waals surface area contributed by atoms with E-state index in [-0.39, 0.29) is 10.8 Å². The highest BCUT2D eigenvalue weighted by molar-refractivity contribution is 6.32. The maximum atomic E-state index is 11.9. The molecule has 0 spiro atoms. The van der Waals surface area contributed by atoms with Gasteiger partial charge >= 0.3 is 0 Å². The lowest BCUT2D eigenvalue weighted by Gasteiger charge is -2.04. The normalized spacial score (nSPS) is 10.7. The van der Waals surface area contributed by atoms with Crippen LogP contribution in [0, 0.1) is 0 Å². The molecule has 0 saturated heterocycles. The number of hydrogen-bond acceptors (Lipinski definition) is 5. The predicted octanol–water partition coefficient (Wildman–Crippen LogP) is 2.91. The molecule has 2 aromatic rings. The number of hydrogen-bond donors (Lipinski definition) is 3. The summed E-state index contributed by atoms with van der Waals surface area (Å²) in [6, 6.07) is 9.31. The lowest BCUT2D eigenvalue weighted by molar-refractivity contribution is 0.0955. The number of phenols is 2. The second kappa shape index (κ2) is 7.51. The molecular weight excluding hydrogens is 320 g/mol. The number of nitrogens with zero attached hydrogens (tertiary/aromatic N) is 1. The topological polar surface area (TPSA) is 91.2 Å². The van der Waals surface area contributed by atoms with Crippen molar-refractivity contribution in [3.05, 3.63) is 52.5 Å². The van der Waals surface area contributed by atoms with Crippen LogP contribution in [0.3, 0.4) is 0 Å². The number of phenolic OH excluding ortho intramolecular Hbond substituents is 2. The summed E-state index contributed by atoms with van der Waals surface area (Å²) in [4.78, 5) is 11.9. The fraction of sp³-hybridized carbons (Fsp3) is 0.125. The van der Waals surface area contributed by atoms with E-state index in [0.29, 0.717) is 23.5 Å². The smallest absolute Gasteiger partial charge is 0.271 e. The van der Waals surface area contributed by atoms with Gasteiger partial charge in [-0.15, -0.1) is 0 Å². The van der Waals surface area contributed by atoms with Crippen molar-refractivity contribution in [2.75, 3.05) is 6.61 Å². The summed E-state index contributed by atoms with van der Waals surface area (Å²) < 4.78 is 5.29.